The van der Waals surface area contributed by atoms with Gasteiger partial charge in [0.15, 0.2) is 0 Å². The average molecular weight is 322 g/mol. The molecule has 0 spiro atoms. The first kappa shape index (κ1) is 20.1. The standard InChI is InChI=1S/C20H34O3/c1-3-5-7-8-10-12-17-18(20(23)15-19(17)22)14-13-16(21)11-9-6-4-2/h8,10,13-14,16-18,20-21,23H,3-7,9,11-12,15H2,1-2H3/b10-8-,14-13+/t16?,17-,18-,20?/m1/s1. The molecule has 1 rings (SSSR count). The average Bonchev–Trinajstić information content (AvgIpc) is 2.79. The molecule has 1 aliphatic rings. The molecule has 132 valence electrons. The van der Waals surface area contributed by atoms with Gasteiger partial charge in [0.1, 0.15) is 5.78 Å². The fraction of sp³-hybridized carbons (Fsp3) is 0.750. The second-order valence-electron chi connectivity index (χ2n) is 6.72. The SMILES string of the molecule is CCCC/C=C\C[C@H]1C(=O)CC(O)[C@@H]1/C=C/C(O)CCCCC. The smallest absolute Gasteiger partial charge is 0.139 e. The first-order valence-corrected chi connectivity index (χ1v) is 9.32. The minimum absolute atomic E-state index is 0.137. The molecule has 1 aliphatic carbocycles. The van der Waals surface area contributed by atoms with Crippen LogP contribution in [-0.4, -0.2) is 28.2 Å². The molecular weight excluding hydrogens is 288 g/mol. The summed E-state index contributed by atoms with van der Waals surface area (Å²) in [5.74, 6) is -0.145. The van der Waals surface area contributed by atoms with Crippen molar-refractivity contribution in [2.45, 2.75) is 83.8 Å². The first-order valence-electron chi connectivity index (χ1n) is 9.32. The van der Waals surface area contributed by atoms with E-state index in [2.05, 4.69) is 26.0 Å². The van der Waals surface area contributed by atoms with Crippen molar-refractivity contribution in [1.29, 1.82) is 0 Å². The summed E-state index contributed by atoms with van der Waals surface area (Å²) in [4.78, 5) is 12.1. The summed E-state index contributed by atoms with van der Waals surface area (Å²) in [5, 5.41) is 20.1. The Bertz CT molecular complexity index is 386. The number of aliphatic hydroxyl groups is 2. The van der Waals surface area contributed by atoms with E-state index in [1.165, 1.54) is 12.8 Å². The molecule has 4 atom stereocenters. The number of rotatable bonds is 11. The molecule has 1 saturated carbocycles. The van der Waals surface area contributed by atoms with Gasteiger partial charge in [0, 0.05) is 18.3 Å². The summed E-state index contributed by atoms with van der Waals surface area (Å²) in [5.41, 5.74) is 0. The molecule has 0 saturated heterocycles. The second kappa shape index (κ2) is 11.6. The second-order valence-corrected chi connectivity index (χ2v) is 6.72. The fourth-order valence-corrected chi connectivity index (χ4v) is 3.17. The van der Waals surface area contributed by atoms with Gasteiger partial charge in [0.05, 0.1) is 12.2 Å². The Morgan fingerprint density at radius 1 is 1.17 bits per heavy atom. The number of ketones is 1. The van der Waals surface area contributed by atoms with Crippen LogP contribution in [0, 0.1) is 11.8 Å². The highest BCUT2D eigenvalue weighted by Gasteiger charge is 2.39. The largest absolute Gasteiger partial charge is 0.392 e. The first-order chi connectivity index (χ1) is 11.1. The third-order valence-electron chi connectivity index (χ3n) is 4.67. The molecule has 3 heteroatoms. The van der Waals surface area contributed by atoms with Gasteiger partial charge in [-0.15, -0.1) is 0 Å². The summed E-state index contributed by atoms with van der Waals surface area (Å²) < 4.78 is 0. The molecule has 2 N–H and O–H groups in total. The summed E-state index contributed by atoms with van der Waals surface area (Å²) in [6.45, 7) is 4.30. The van der Waals surface area contributed by atoms with Crippen LogP contribution in [0.2, 0.25) is 0 Å². The number of hydrogen-bond acceptors (Lipinski definition) is 3. The van der Waals surface area contributed by atoms with E-state index in [4.69, 9.17) is 0 Å². The van der Waals surface area contributed by atoms with Gasteiger partial charge in [0.25, 0.3) is 0 Å². The van der Waals surface area contributed by atoms with Gasteiger partial charge >= 0.3 is 0 Å². The van der Waals surface area contributed by atoms with Crippen LogP contribution in [0.5, 0.6) is 0 Å². The molecule has 0 heterocycles. The number of aliphatic hydroxyl groups excluding tert-OH is 2. The van der Waals surface area contributed by atoms with Crippen LogP contribution in [0.1, 0.15) is 71.6 Å². The van der Waals surface area contributed by atoms with Crippen LogP contribution >= 0.6 is 0 Å². The van der Waals surface area contributed by atoms with E-state index in [0.29, 0.717) is 6.42 Å². The molecule has 23 heavy (non-hydrogen) atoms. The molecule has 0 radical (unpaired) electrons. The topological polar surface area (TPSA) is 57.5 Å². The summed E-state index contributed by atoms with van der Waals surface area (Å²) in [6, 6.07) is 0. The number of unbranched alkanes of at least 4 members (excludes halogenated alkanes) is 4. The lowest BCUT2D eigenvalue weighted by Crippen LogP contribution is -2.18. The quantitative estimate of drug-likeness (QED) is 0.443. The zero-order valence-corrected chi connectivity index (χ0v) is 14.8. The van der Waals surface area contributed by atoms with E-state index in [-0.39, 0.29) is 24.0 Å². The normalized spacial score (nSPS) is 26.6. The molecule has 2 unspecified atom stereocenters. The monoisotopic (exact) mass is 322 g/mol. The summed E-state index contributed by atoms with van der Waals surface area (Å²) in [6.07, 6.45) is 15.2. The Morgan fingerprint density at radius 3 is 2.61 bits per heavy atom. The lowest BCUT2D eigenvalue weighted by atomic mass is 9.90. The Morgan fingerprint density at radius 2 is 1.91 bits per heavy atom. The highest BCUT2D eigenvalue weighted by atomic mass is 16.3. The minimum atomic E-state index is -0.601. The summed E-state index contributed by atoms with van der Waals surface area (Å²) in [7, 11) is 0. The highest BCUT2D eigenvalue weighted by Crippen LogP contribution is 2.33. The van der Waals surface area contributed by atoms with Crippen molar-refractivity contribution in [3.63, 3.8) is 0 Å². The number of allylic oxidation sites excluding steroid dienone is 2. The van der Waals surface area contributed by atoms with Crippen molar-refractivity contribution < 1.29 is 15.0 Å². The van der Waals surface area contributed by atoms with Crippen molar-refractivity contribution in [2.24, 2.45) is 11.8 Å². The van der Waals surface area contributed by atoms with E-state index >= 15 is 0 Å². The molecular formula is C20H34O3. The van der Waals surface area contributed by atoms with Crippen molar-refractivity contribution in [3.05, 3.63) is 24.3 Å². The number of carbonyl (C=O) groups excluding carboxylic acids is 1. The molecule has 3 nitrogen and oxygen atoms in total. The maximum atomic E-state index is 12.1. The van der Waals surface area contributed by atoms with E-state index in [9.17, 15) is 15.0 Å². The lowest BCUT2D eigenvalue weighted by molar-refractivity contribution is -0.121. The van der Waals surface area contributed by atoms with Crippen LogP contribution in [0.3, 0.4) is 0 Å². The van der Waals surface area contributed by atoms with E-state index in [0.717, 1.165) is 32.1 Å². The van der Waals surface area contributed by atoms with Crippen molar-refractivity contribution in [1.82, 2.24) is 0 Å². The highest BCUT2D eigenvalue weighted by molar-refractivity contribution is 5.84. The number of carbonyl (C=O) groups is 1. The van der Waals surface area contributed by atoms with Crippen molar-refractivity contribution in [3.8, 4) is 0 Å². The zero-order chi connectivity index (χ0) is 17.1. The van der Waals surface area contributed by atoms with Gasteiger partial charge in [-0.3, -0.25) is 4.79 Å². The van der Waals surface area contributed by atoms with Gasteiger partial charge in [-0.1, -0.05) is 70.3 Å². The van der Waals surface area contributed by atoms with Crippen LogP contribution in [0.15, 0.2) is 24.3 Å². The van der Waals surface area contributed by atoms with Crippen LogP contribution in [0.25, 0.3) is 0 Å². The molecule has 0 aromatic rings. The van der Waals surface area contributed by atoms with Crippen LogP contribution in [0.4, 0.5) is 0 Å². The number of hydrogen-bond donors (Lipinski definition) is 2. The third kappa shape index (κ3) is 7.45. The maximum Gasteiger partial charge on any atom is 0.139 e. The van der Waals surface area contributed by atoms with E-state index in [1.807, 2.05) is 6.08 Å². The predicted octanol–water partition coefficient (Wildman–Crippen LogP) is 4.19. The fourth-order valence-electron chi connectivity index (χ4n) is 3.17. The van der Waals surface area contributed by atoms with Crippen LogP contribution in [-0.2, 0) is 4.79 Å². The van der Waals surface area contributed by atoms with Crippen molar-refractivity contribution >= 4 is 5.78 Å². The molecule has 0 aromatic heterocycles. The Kier molecular flexibility index (Phi) is 10.1. The Hall–Kier alpha value is -0.930. The Labute approximate surface area is 141 Å². The van der Waals surface area contributed by atoms with Crippen LogP contribution < -0.4 is 0 Å². The molecule has 0 amide bonds. The van der Waals surface area contributed by atoms with Crippen molar-refractivity contribution in [2.75, 3.05) is 0 Å². The third-order valence-corrected chi connectivity index (χ3v) is 4.67. The van der Waals surface area contributed by atoms with Gasteiger partial charge in [-0.2, -0.15) is 0 Å². The predicted molar refractivity (Wildman–Crippen MR) is 95.2 cm³/mol. The van der Waals surface area contributed by atoms with E-state index < -0.39 is 12.2 Å². The Balaban J connectivity index is 2.51. The molecule has 0 aromatic carbocycles. The van der Waals surface area contributed by atoms with E-state index in [1.54, 1.807) is 6.08 Å². The molecule has 1 fully saturated rings. The van der Waals surface area contributed by atoms with Gasteiger partial charge in [-0.25, -0.2) is 0 Å². The number of Topliss-reactive ketones (excluding diaryl/α,β-unsaturated/α-hetero) is 1. The molecule has 0 bridgehead atoms. The van der Waals surface area contributed by atoms with Gasteiger partial charge < -0.3 is 10.2 Å². The minimum Gasteiger partial charge on any atom is -0.392 e. The maximum absolute atomic E-state index is 12.1. The summed E-state index contributed by atoms with van der Waals surface area (Å²) >= 11 is 0. The van der Waals surface area contributed by atoms with Gasteiger partial charge in [0.2, 0.25) is 0 Å². The zero-order valence-electron chi connectivity index (χ0n) is 14.8. The van der Waals surface area contributed by atoms with Gasteiger partial charge in [-0.05, 0) is 19.3 Å². The molecule has 0 aliphatic heterocycles. The lowest BCUT2D eigenvalue weighted by Gasteiger charge is -2.16.